The molecule has 1 aliphatic heterocycles. The van der Waals surface area contributed by atoms with E-state index in [4.69, 9.17) is 4.74 Å². The molecule has 0 bridgehead atoms. The Balaban J connectivity index is 1.74. The topological polar surface area (TPSA) is 53.6 Å². The molecule has 122 valence electrons. The van der Waals surface area contributed by atoms with Crippen LogP contribution in [-0.4, -0.2) is 51.1 Å². The number of benzene rings is 1. The second-order valence-corrected chi connectivity index (χ2v) is 6.12. The molecule has 0 aliphatic carbocycles. The van der Waals surface area contributed by atoms with Gasteiger partial charge in [-0.3, -0.25) is 4.79 Å². The molecule has 2 N–H and O–H groups in total. The fourth-order valence-electron chi connectivity index (χ4n) is 2.54. The van der Waals surface area contributed by atoms with Gasteiger partial charge < -0.3 is 20.3 Å². The number of ether oxygens (including phenoxy) is 1. The van der Waals surface area contributed by atoms with E-state index in [0.717, 1.165) is 43.9 Å². The monoisotopic (exact) mass is 305 g/mol. The first kappa shape index (κ1) is 16.8. The number of hydrogen-bond donors (Lipinski definition) is 2. The van der Waals surface area contributed by atoms with Crippen molar-refractivity contribution in [2.75, 3.05) is 45.7 Å². The van der Waals surface area contributed by atoms with E-state index in [9.17, 15) is 4.79 Å². The van der Waals surface area contributed by atoms with Gasteiger partial charge in [-0.1, -0.05) is 0 Å². The highest BCUT2D eigenvalue weighted by Gasteiger charge is 2.16. The van der Waals surface area contributed by atoms with Gasteiger partial charge in [-0.2, -0.15) is 0 Å². The summed E-state index contributed by atoms with van der Waals surface area (Å²) in [7, 11) is 4.04. The second kappa shape index (κ2) is 8.76. The van der Waals surface area contributed by atoms with Crippen LogP contribution in [0.4, 0.5) is 5.69 Å². The molecule has 0 spiro atoms. The Morgan fingerprint density at radius 1 is 1.27 bits per heavy atom. The molecule has 22 heavy (non-hydrogen) atoms. The lowest BCUT2D eigenvalue weighted by molar-refractivity contribution is -0.117. The molecule has 0 atom stereocenters. The average molecular weight is 305 g/mol. The van der Waals surface area contributed by atoms with Crippen molar-refractivity contribution in [3.63, 3.8) is 0 Å². The third-order valence-electron chi connectivity index (χ3n) is 3.88. The Morgan fingerprint density at radius 2 is 1.95 bits per heavy atom. The zero-order valence-electron chi connectivity index (χ0n) is 13.6. The molecule has 1 aliphatic rings. The number of piperidine rings is 1. The number of carbonyl (C=O) groups is 1. The molecule has 5 nitrogen and oxygen atoms in total. The summed E-state index contributed by atoms with van der Waals surface area (Å²) >= 11 is 0. The second-order valence-electron chi connectivity index (χ2n) is 6.12. The van der Waals surface area contributed by atoms with Crippen molar-refractivity contribution in [2.24, 2.45) is 5.92 Å². The normalized spacial score (nSPS) is 15.8. The predicted molar refractivity (Wildman–Crippen MR) is 89.3 cm³/mol. The first-order valence-corrected chi connectivity index (χ1v) is 8.01. The van der Waals surface area contributed by atoms with E-state index < -0.39 is 0 Å². The SMILES string of the molecule is CN(C)CCOc1ccc(NC(=O)CC2CCNCC2)cc1. The molecule has 0 radical (unpaired) electrons. The smallest absolute Gasteiger partial charge is 0.224 e. The molecule has 0 aromatic heterocycles. The minimum absolute atomic E-state index is 0.105. The highest BCUT2D eigenvalue weighted by molar-refractivity contribution is 5.90. The van der Waals surface area contributed by atoms with Gasteiger partial charge in [0.15, 0.2) is 0 Å². The fraction of sp³-hybridized carbons (Fsp3) is 0.588. The summed E-state index contributed by atoms with van der Waals surface area (Å²) in [6.45, 7) is 3.59. The molecule has 1 saturated heterocycles. The first-order chi connectivity index (χ1) is 10.6. The molecule has 2 rings (SSSR count). The molecule has 5 heteroatoms. The number of likely N-dealkylation sites (N-methyl/N-ethyl adjacent to an activating group) is 1. The summed E-state index contributed by atoms with van der Waals surface area (Å²) in [5.41, 5.74) is 0.832. The van der Waals surface area contributed by atoms with Crippen LogP contribution in [0, 0.1) is 5.92 Å². The zero-order chi connectivity index (χ0) is 15.8. The van der Waals surface area contributed by atoms with Gasteiger partial charge >= 0.3 is 0 Å². The molecule has 0 saturated carbocycles. The summed E-state index contributed by atoms with van der Waals surface area (Å²) in [6, 6.07) is 7.59. The Morgan fingerprint density at radius 3 is 2.59 bits per heavy atom. The van der Waals surface area contributed by atoms with Crippen molar-refractivity contribution < 1.29 is 9.53 Å². The minimum Gasteiger partial charge on any atom is -0.492 e. The summed E-state index contributed by atoms with van der Waals surface area (Å²) in [5.74, 6) is 1.45. The van der Waals surface area contributed by atoms with E-state index in [1.807, 2.05) is 38.4 Å². The lowest BCUT2D eigenvalue weighted by atomic mass is 9.94. The Labute approximate surface area is 133 Å². The van der Waals surface area contributed by atoms with Gasteiger partial charge in [0.05, 0.1) is 0 Å². The summed E-state index contributed by atoms with van der Waals surface area (Å²) in [6.07, 6.45) is 2.79. The van der Waals surface area contributed by atoms with Crippen molar-refractivity contribution in [3.05, 3.63) is 24.3 Å². The van der Waals surface area contributed by atoms with E-state index in [2.05, 4.69) is 15.5 Å². The van der Waals surface area contributed by atoms with E-state index in [1.165, 1.54) is 0 Å². The van der Waals surface area contributed by atoms with Crippen molar-refractivity contribution in [1.82, 2.24) is 10.2 Å². The zero-order valence-corrected chi connectivity index (χ0v) is 13.6. The average Bonchev–Trinajstić information content (AvgIpc) is 2.49. The van der Waals surface area contributed by atoms with Gasteiger partial charge in [-0.15, -0.1) is 0 Å². The Kier molecular flexibility index (Phi) is 6.68. The molecular formula is C17H27N3O2. The van der Waals surface area contributed by atoms with E-state index in [0.29, 0.717) is 18.9 Å². The third kappa shape index (κ3) is 6.03. The lowest BCUT2D eigenvalue weighted by Gasteiger charge is -2.21. The van der Waals surface area contributed by atoms with Gasteiger partial charge in [0.25, 0.3) is 0 Å². The van der Waals surface area contributed by atoms with Crippen molar-refractivity contribution >= 4 is 11.6 Å². The highest BCUT2D eigenvalue weighted by Crippen LogP contribution is 2.19. The third-order valence-corrected chi connectivity index (χ3v) is 3.88. The van der Waals surface area contributed by atoms with Crippen LogP contribution in [0.3, 0.4) is 0 Å². The predicted octanol–water partition coefficient (Wildman–Crippen LogP) is 1.96. The number of amides is 1. The standard InChI is InChI=1S/C17H27N3O2/c1-20(2)11-12-22-16-5-3-15(4-6-16)19-17(21)13-14-7-9-18-10-8-14/h3-6,14,18H,7-13H2,1-2H3,(H,19,21). The van der Waals surface area contributed by atoms with Crippen LogP contribution in [0.5, 0.6) is 5.75 Å². The van der Waals surface area contributed by atoms with Crippen LogP contribution in [0.25, 0.3) is 0 Å². The van der Waals surface area contributed by atoms with Crippen LogP contribution in [0.15, 0.2) is 24.3 Å². The molecule has 1 heterocycles. The highest BCUT2D eigenvalue weighted by atomic mass is 16.5. The van der Waals surface area contributed by atoms with Crippen LogP contribution < -0.4 is 15.4 Å². The van der Waals surface area contributed by atoms with Gasteiger partial charge in [-0.25, -0.2) is 0 Å². The summed E-state index contributed by atoms with van der Waals surface area (Å²) < 4.78 is 5.64. The number of hydrogen-bond acceptors (Lipinski definition) is 4. The molecule has 1 fully saturated rings. The number of nitrogens with one attached hydrogen (secondary N) is 2. The lowest BCUT2D eigenvalue weighted by Crippen LogP contribution is -2.30. The molecular weight excluding hydrogens is 278 g/mol. The molecule has 1 amide bonds. The number of carbonyl (C=O) groups excluding carboxylic acids is 1. The fourth-order valence-corrected chi connectivity index (χ4v) is 2.54. The number of nitrogens with zero attached hydrogens (tertiary/aromatic N) is 1. The van der Waals surface area contributed by atoms with E-state index >= 15 is 0 Å². The van der Waals surface area contributed by atoms with E-state index in [-0.39, 0.29) is 5.91 Å². The minimum atomic E-state index is 0.105. The summed E-state index contributed by atoms with van der Waals surface area (Å²) in [5, 5.41) is 6.29. The Bertz CT molecular complexity index is 453. The number of rotatable bonds is 7. The van der Waals surface area contributed by atoms with Crippen molar-refractivity contribution in [1.29, 1.82) is 0 Å². The van der Waals surface area contributed by atoms with Gasteiger partial charge in [0.2, 0.25) is 5.91 Å². The van der Waals surface area contributed by atoms with Crippen molar-refractivity contribution in [2.45, 2.75) is 19.3 Å². The number of anilines is 1. The van der Waals surface area contributed by atoms with Crippen LogP contribution >= 0.6 is 0 Å². The maximum absolute atomic E-state index is 12.0. The Hall–Kier alpha value is -1.59. The quantitative estimate of drug-likeness (QED) is 0.808. The maximum Gasteiger partial charge on any atom is 0.224 e. The molecule has 1 aromatic rings. The van der Waals surface area contributed by atoms with Crippen LogP contribution in [0.1, 0.15) is 19.3 Å². The van der Waals surface area contributed by atoms with E-state index in [1.54, 1.807) is 0 Å². The van der Waals surface area contributed by atoms with Crippen LogP contribution in [-0.2, 0) is 4.79 Å². The van der Waals surface area contributed by atoms with Gasteiger partial charge in [-0.05, 0) is 70.2 Å². The molecule has 1 aromatic carbocycles. The van der Waals surface area contributed by atoms with Gasteiger partial charge in [0.1, 0.15) is 12.4 Å². The van der Waals surface area contributed by atoms with Crippen LogP contribution in [0.2, 0.25) is 0 Å². The molecule has 0 unspecified atom stereocenters. The van der Waals surface area contributed by atoms with Gasteiger partial charge in [0, 0.05) is 18.7 Å². The first-order valence-electron chi connectivity index (χ1n) is 8.01. The maximum atomic E-state index is 12.0. The summed E-state index contributed by atoms with van der Waals surface area (Å²) in [4.78, 5) is 14.1. The van der Waals surface area contributed by atoms with Crippen molar-refractivity contribution in [3.8, 4) is 5.75 Å². The largest absolute Gasteiger partial charge is 0.492 e.